The third-order valence-corrected chi connectivity index (χ3v) is 3.25. The van der Waals surface area contributed by atoms with Crippen LogP contribution in [0.25, 0.3) is 21.9 Å². The van der Waals surface area contributed by atoms with Gasteiger partial charge in [0.05, 0.1) is 5.56 Å². The molecule has 0 fully saturated rings. The van der Waals surface area contributed by atoms with E-state index in [4.69, 9.17) is 5.11 Å². The summed E-state index contributed by atoms with van der Waals surface area (Å²) in [5.74, 6) is -3.61. The predicted octanol–water partition coefficient (Wildman–Crippen LogP) is 4.34. The number of fused-ring (bicyclic) bond motifs is 1. The Balaban J connectivity index is 2.25. The standard InChI is InChI=1S/C16H9F3O2/c17-12-6-10(20)7-13(18)15(12)9-1-3-11-8(5-9)2-4-14(21)16(11)19/h1-7,20-21H. The predicted molar refractivity (Wildman–Crippen MR) is 72.6 cm³/mol. The van der Waals surface area contributed by atoms with Gasteiger partial charge in [0.15, 0.2) is 11.6 Å². The van der Waals surface area contributed by atoms with Crippen LogP contribution in [0, 0.1) is 17.5 Å². The first-order chi connectivity index (χ1) is 9.97. The summed E-state index contributed by atoms with van der Waals surface area (Å²) in [6, 6.07) is 8.34. The summed E-state index contributed by atoms with van der Waals surface area (Å²) in [5, 5.41) is 19.0. The van der Waals surface area contributed by atoms with Crippen molar-refractivity contribution in [1.29, 1.82) is 0 Å². The Bertz CT molecular complexity index is 837. The number of halogens is 3. The van der Waals surface area contributed by atoms with Gasteiger partial charge in [0.25, 0.3) is 0 Å². The summed E-state index contributed by atoms with van der Waals surface area (Å²) in [7, 11) is 0. The number of aromatic hydroxyl groups is 2. The molecule has 0 aliphatic carbocycles. The molecular formula is C16H9F3O2. The van der Waals surface area contributed by atoms with E-state index in [0.29, 0.717) is 5.39 Å². The third-order valence-electron chi connectivity index (χ3n) is 3.25. The number of hydrogen-bond acceptors (Lipinski definition) is 2. The number of rotatable bonds is 1. The van der Waals surface area contributed by atoms with E-state index in [1.165, 1.54) is 30.3 Å². The van der Waals surface area contributed by atoms with Crippen LogP contribution in [-0.2, 0) is 0 Å². The van der Waals surface area contributed by atoms with Crippen molar-refractivity contribution in [1.82, 2.24) is 0 Å². The Kier molecular flexibility index (Phi) is 2.97. The van der Waals surface area contributed by atoms with Crippen molar-refractivity contribution in [3.8, 4) is 22.6 Å². The minimum absolute atomic E-state index is 0.151. The van der Waals surface area contributed by atoms with Gasteiger partial charge in [-0.15, -0.1) is 0 Å². The van der Waals surface area contributed by atoms with E-state index in [1.807, 2.05) is 0 Å². The lowest BCUT2D eigenvalue weighted by Gasteiger charge is -2.08. The van der Waals surface area contributed by atoms with Gasteiger partial charge >= 0.3 is 0 Å². The van der Waals surface area contributed by atoms with Crippen molar-refractivity contribution in [3.63, 3.8) is 0 Å². The lowest BCUT2D eigenvalue weighted by Crippen LogP contribution is -1.91. The summed E-state index contributed by atoms with van der Waals surface area (Å²) in [6.45, 7) is 0. The van der Waals surface area contributed by atoms with Crippen molar-refractivity contribution < 1.29 is 23.4 Å². The highest BCUT2D eigenvalue weighted by Crippen LogP contribution is 2.33. The first-order valence-corrected chi connectivity index (χ1v) is 6.07. The molecule has 3 aromatic carbocycles. The first kappa shape index (κ1) is 13.3. The largest absolute Gasteiger partial charge is 0.508 e. The summed E-state index contributed by atoms with van der Waals surface area (Å²) < 4.78 is 41.4. The first-order valence-electron chi connectivity index (χ1n) is 6.07. The number of hydrogen-bond donors (Lipinski definition) is 2. The van der Waals surface area contributed by atoms with Crippen molar-refractivity contribution in [2.24, 2.45) is 0 Å². The molecule has 0 unspecified atom stereocenters. The SMILES string of the molecule is Oc1cc(F)c(-c2ccc3c(F)c(O)ccc3c2)c(F)c1. The molecule has 3 aromatic rings. The summed E-state index contributed by atoms with van der Waals surface area (Å²) >= 11 is 0. The second kappa shape index (κ2) is 4.70. The average molecular weight is 290 g/mol. The van der Waals surface area contributed by atoms with Gasteiger partial charge in [0.1, 0.15) is 17.4 Å². The molecule has 0 bridgehead atoms. The van der Waals surface area contributed by atoms with Gasteiger partial charge < -0.3 is 10.2 Å². The van der Waals surface area contributed by atoms with Gasteiger partial charge in [-0.3, -0.25) is 0 Å². The zero-order chi connectivity index (χ0) is 15.1. The maximum Gasteiger partial charge on any atom is 0.172 e. The molecule has 0 saturated heterocycles. The molecule has 2 nitrogen and oxygen atoms in total. The second-order valence-corrected chi connectivity index (χ2v) is 4.62. The minimum atomic E-state index is -0.911. The van der Waals surface area contributed by atoms with E-state index >= 15 is 0 Å². The average Bonchev–Trinajstić information content (AvgIpc) is 2.42. The molecule has 0 amide bonds. The van der Waals surface area contributed by atoms with E-state index in [1.54, 1.807) is 0 Å². The van der Waals surface area contributed by atoms with Gasteiger partial charge in [-0.1, -0.05) is 18.2 Å². The lowest BCUT2D eigenvalue weighted by atomic mass is 10.00. The molecule has 106 valence electrons. The van der Waals surface area contributed by atoms with Gasteiger partial charge in [0.2, 0.25) is 0 Å². The van der Waals surface area contributed by atoms with Crippen LogP contribution >= 0.6 is 0 Å². The Labute approximate surface area is 117 Å². The fraction of sp³-hybridized carbons (Fsp3) is 0. The molecule has 0 aromatic heterocycles. The molecule has 0 atom stereocenters. The Morgan fingerprint density at radius 2 is 1.43 bits per heavy atom. The van der Waals surface area contributed by atoms with Crippen LogP contribution in [-0.4, -0.2) is 10.2 Å². The Morgan fingerprint density at radius 1 is 0.762 bits per heavy atom. The molecule has 0 spiro atoms. The van der Waals surface area contributed by atoms with Crippen LogP contribution in [0.5, 0.6) is 11.5 Å². The van der Waals surface area contributed by atoms with Crippen molar-refractivity contribution in [2.75, 3.05) is 0 Å². The molecule has 21 heavy (non-hydrogen) atoms. The van der Waals surface area contributed by atoms with Crippen LogP contribution in [0.4, 0.5) is 13.2 Å². The van der Waals surface area contributed by atoms with Crippen LogP contribution in [0.1, 0.15) is 0 Å². The van der Waals surface area contributed by atoms with Crippen molar-refractivity contribution in [3.05, 3.63) is 59.9 Å². The lowest BCUT2D eigenvalue weighted by molar-refractivity contribution is 0.436. The number of phenols is 2. The zero-order valence-corrected chi connectivity index (χ0v) is 10.6. The van der Waals surface area contributed by atoms with Crippen LogP contribution in [0.15, 0.2) is 42.5 Å². The van der Waals surface area contributed by atoms with E-state index in [-0.39, 0.29) is 16.5 Å². The molecule has 0 radical (unpaired) electrons. The Morgan fingerprint density at radius 3 is 2.10 bits per heavy atom. The topological polar surface area (TPSA) is 40.5 Å². The normalized spacial score (nSPS) is 11.0. The summed E-state index contributed by atoms with van der Waals surface area (Å²) in [5.41, 5.74) is -0.0919. The fourth-order valence-electron chi connectivity index (χ4n) is 2.27. The van der Waals surface area contributed by atoms with E-state index < -0.39 is 29.0 Å². The monoisotopic (exact) mass is 290 g/mol. The minimum Gasteiger partial charge on any atom is -0.508 e. The van der Waals surface area contributed by atoms with Crippen molar-refractivity contribution >= 4 is 10.8 Å². The maximum atomic E-state index is 13.8. The highest BCUT2D eigenvalue weighted by Gasteiger charge is 2.15. The fourth-order valence-corrected chi connectivity index (χ4v) is 2.27. The third kappa shape index (κ3) is 2.16. The molecule has 0 aliphatic rings. The second-order valence-electron chi connectivity index (χ2n) is 4.62. The van der Waals surface area contributed by atoms with Gasteiger partial charge in [-0.05, 0) is 23.1 Å². The molecule has 0 aliphatic heterocycles. The zero-order valence-electron chi connectivity index (χ0n) is 10.6. The van der Waals surface area contributed by atoms with Gasteiger partial charge in [-0.2, -0.15) is 0 Å². The number of phenolic OH excluding ortho intramolecular Hbond substituents is 2. The molecule has 5 heteroatoms. The maximum absolute atomic E-state index is 13.8. The summed E-state index contributed by atoms with van der Waals surface area (Å²) in [6.07, 6.45) is 0. The smallest absolute Gasteiger partial charge is 0.172 e. The highest BCUT2D eigenvalue weighted by atomic mass is 19.1. The van der Waals surface area contributed by atoms with Crippen LogP contribution in [0.2, 0.25) is 0 Å². The van der Waals surface area contributed by atoms with Crippen LogP contribution in [0.3, 0.4) is 0 Å². The molecular weight excluding hydrogens is 281 g/mol. The van der Waals surface area contributed by atoms with Gasteiger partial charge in [0, 0.05) is 17.5 Å². The number of benzene rings is 3. The van der Waals surface area contributed by atoms with E-state index in [9.17, 15) is 18.3 Å². The molecule has 2 N–H and O–H groups in total. The summed E-state index contributed by atoms with van der Waals surface area (Å²) in [4.78, 5) is 0. The van der Waals surface area contributed by atoms with E-state index in [2.05, 4.69) is 0 Å². The molecule has 3 rings (SSSR count). The highest BCUT2D eigenvalue weighted by molar-refractivity contribution is 5.89. The van der Waals surface area contributed by atoms with E-state index in [0.717, 1.165) is 12.1 Å². The van der Waals surface area contributed by atoms with Gasteiger partial charge in [-0.25, -0.2) is 13.2 Å². The van der Waals surface area contributed by atoms with Crippen LogP contribution < -0.4 is 0 Å². The molecule has 0 heterocycles. The quantitative estimate of drug-likeness (QED) is 0.700. The molecule has 0 saturated carbocycles. The van der Waals surface area contributed by atoms with Crippen molar-refractivity contribution in [2.45, 2.75) is 0 Å². The Hall–Kier alpha value is -2.69.